The third-order valence-corrected chi connectivity index (χ3v) is 5.10. The Balaban J connectivity index is 1.61. The molecular weight excluding hydrogens is 320 g/mol. The highest BCUT2D eigenvalue weighted by Crippen LogP contribution is 2.26. The summed E-state index contributed by atoms with van der Waals surface area (Å²) in [6.45, 7) is 7.79. The summed E-state index contributed by atoms with van der Waals surface area (Å²) in [5.41, 5.74) is 2.76. The third-order valence-electron chi connectivity index (χ3n) is 4.23. The fourth-order valence-corrected chi connectivity index (χ4v) is 3.45. The van der Waals surface area contributed by atoms with Crippen molar-refractivity contribution in [2.24, 2.45) is 11.8 Å². The van der Waals surface area contributed by atoms with Gasteiger partial charge in [0.2, 0.25) is 5.91 Å². The Bertz CT molecular complexity index is 708. The van der Waals surface area contributed by atoms with Crippen LogP contribution >= 0.6 is 11.8 Å². The largest absolute Gasteiger partial charge is 0.326 e. The van der Waals surface area contributed by atoms with E-state index in [0.717, 1.165) is 40.2 Å². The molecule has 0 spiro atoms. The number of aryl methyl sites for hydroxylation is 2. The van der Waals surface area contributed by atoms with Gasteiger partial charge in [0.05, 0.1) is 0 Å². The smallest absolute Gasteiger partial charge is 0.227 e. The van der Waals surface area contributed by atoms with Crippen molar-refractivity contribution in [2.75, 3.05) is 18.4 Å². The first-order valence-corrected chi connectivity index (χ1v) is 8.94. The highest BCUT2D eigenvalue weighted by molar-refractivity contribution is 7.99. The van der Waals surface area contributed by atoms with Crippen molar-refractivity contribution in [3.8, 4) is 0 Å². The van der Waals surface area contributed by atoms with Crippen molar-refractivity contribution >= 4 is 23.4 Å². The predicted octanol–water partition coefficient (Wildman–Crippen LogP) is 3.04. The monoisotopic (exact) mass is 342 g/mol. The van der Waals surface area contributed by atoms with E-state index in [9.17, 15) is 4.79 Å². The van der Waals surface area contributed by atoms with Gasteiger partial charge in [-0.05, 0) is 74.9 Å². The van der Waals surface area contributed by atoms with E-state index in [2.05, 4.69) is 20.6 Å². The van der Waals surface area contributed by atoms with Gasteiger partial charge in [0.15, 0.2) is 5.16 Å². The molecule has 0 aliphatic carbocycles. The quantitative estimate of drug-likeness (QED) is 0.818. The number of nitrogens with zero attached hydrogens (tertiary/aromatic N) is 2. The summed E-state index contributed by atoms with van der Waals surface area (Å²) >= 11 is 1.52. The lowest BCUT2D eigenvalue weighted by Gasteiger charge is -2.31. The summed E-state index contributed by atoms with van der Waals surface area (Å²) in [5, 5.41) is 6.94. The van der Waals surface area contributed by atoms with Gasteiger partial charge in [0, 0.05) is 27.9 Å². The Morgan fingerprint density at radius 2 is 1.83 bits per heavy atom. The number of rotatable bonds is 5. The molecule has 5 nitrogen and oxygen atoms in total. The molecule has 0 saturated carbocycles. The number of carbonyl (C=O) groups excluding carboxylic acids is 1. The van der Waals surface area contributed by atoms with Crippen molar-refractivity contribution in [2.45, 2.75) is 30.8 Å². The topological polar surface area (TPSA) is 66.9 Å². The van der Waals surface area contributed by atoms with E-state index in [-0.39, 0.29) is 11.8 Å². The van der Waals surface area contributed by atoms with Crippen LogP contribution in [0.4, 0.5) is 5.69 Å². The number of carbonyl (C=O) groups is 1. The first-order valence-electron chi connectivity index (χ1n) is 8.13. The molecule has 1 aromatic heterocycles. The number of hydrogen-bond acceptors (Lipinski definition) is 5. The van der Waals surface area contributed by atoms with Gasteiger partial charge in [0.1, 0.15) is 0 Å². The molecule has 1 amide bonds. The average Bonchev–Trinajstić information content (AvgIpc) is 2.46. The fourth-order valence-electron chi connectivity index (χ4n) is 2.59. The van der Waals surface area contributed by atoms with Gasteiger partial charge < -0.3 is 10.6 Å². The number of hydrogen-bond donors (Lipinski definition) is 2. The molecule has 2 N–H and O–H groups in total. The van der Waals surface area contributed by atoms with Crippen molar-refractivity contribution in [3.05, 3.63) is 41.7 Å². The molecule has 0 bridgehead atoms. The normalized spacial score (nSPS) is 15.6. The van der Waals surface area contributed by atoms with Crippen LogP contribution in [0, 0.1) is 25.7 Å². The van der Waals surface area contributed by atoms with Crippen molar-refractivity contribution in [1.29, 1.82) is 0 Å². The standard InChI is InChI=1S/C18H22N4OS/c1-11-8-12(2)21-18(20-11)24-16-6-4-15(5-7-16)22-17(23)13(3)14-9-19-10-14/h4-8,13-14,19H,9-10H2,1-3H3,(H,22,23). The molecule has 1 aliphatic rings. The minimum absolute atomic E-state index is 0.0315. The van der Waals surface area contributed by atoms with E-state index in [1.54, 1.807) is 0 Å². The van der Waals surface area contributed by atoms with Crippen LogP contribution in [0.3, 0.4) is 0 Å². The van der Waals surface area contributed by atoms with Crippen molar-refractivity contribution in [1.82, 2.24) is 15.3 Å². The fraction of sp³-hybridized carbons (Fsp3) is 0.389. The Morgan fingerprint density at radius 1 is 1.21 bits per heavy atom. The maximum absolute atomic E-state index is 12.2. The maximum Gasteiger partial charge on any atom is 0.227 e. The van der Waals surface area contributed by atoms with Gasteiger partial charge in [-0.1, -0.05) is 6.92 Å². The van der Waals surface area contributed by atoms with Gasteiger partial charge in [-0.2, -0.15) is 0 Å². The highest BCUT2D eigenvalue weighted by Gasteiger charge is 2.28. The van der Waals surface area contributed by atoms with E-state index in [4.69, 9.17) is 0 Å². The molecule has 1 aromatic carbocycles. The van der Waals surface area contributed by atoms with Crippen LogP contribution in [0.15, 0.2) is 40.4 Å². The molecule has 1 saturated heterocycles. The molecule has 2 aromatic rings. The number of nitrogens with one attached hydrogen (secondary N) is 2. The molecule has 2 heterocycles. The highest BCUT2D eigenvalue weighted by atomic mass is 32.2. The second-order valence-electron chi connectivity index (χ2n) is 6.26. The number of amides is 1. The molecule has 1 aliphatic heterocycles. The summed E-state index contributed by atoms with van der Waals surface area (Å²) in [6, 6.07) is 9.78. The van der Waals surface area contributed by atoms with E-state index in [1.165, 1.54) is 11.8 Å². The summed E-state index contributed by atoms with van der Waals surface area (Å²) in [6.07, 6.45) is 0. The minimum atomic E-state index is 0.0315. The van der Waals surface area contributed by atoms with Crippen molar-refractivity contribution in [3.63, 3.8) is 0 Å². The molecule has 1 fully saturated rings. The van der Waals surface area contributed by atoms with Crippen LogP contribution in [-0.4, -0.2) is 29.0 Å². The zero-order valence-corrected chi connectivity index (χ0v) is 15.0. The zero-order valence-electron chi connectivity index (χ0n) is 14.2. The zero-order chi connectivity index (χ0) is 17.1. The maximum atomic E-state index is 12.2. The summed E-state index contributed by atoms with van der Waals surface area (Å²) in [5.74, 6) is 0.560. The predicted molar refractivity (Wildman–Crippen MR) is 96.2 cm³/mol. The van der Waals surface area contributed by atoms with Gasteiger partial charge in [-0.25, -0.2) is 9.97 Å². The molecule has 1 unspecified atom stereocenters. The van der Waals surface area contributed by atoms with E-state index in [0.29, 0.717) is 5.92 Å². The second-order valence-corrected chi connectivity index (χ2v) is 7.30. The average molecular weight is 342 g/mol. The number of benzene rings is 1. The lowest BCUT2D eigenvalue weighted by molar-refractivity contribution is -0.121. The molecular formula is C18H22N4OS. The minimum Gasteiger partial charge on any atom is -0.326 e. The van der Waals surface area contributed by atoms with E-state index < -0.39 is 0 Å². The molecule has 126 valence electrons. The van der Waals surface area contributed by atoms with Gasteiger partial charge in [-0.3, -0.25) is 4.79 Å². The van der Waals surface area contributed by atoms with Crippen LogP contribution in [-0.2, 0) is 4.79 Å². The number of aromatic nitrogens is 2. The second kappa shape index (κ2) is 7.32. The molecule has 1 atom stereocenters. The van der Waals surface area contributed by atoms with Crippen LogP contribution in [0.25, 0.3) is 0 Å². The van der Waals surface area contributed by atoms with Crippen LogP contribution in [0.5, 0.6) is 0 Å². The Kier molecular flexibility index (Phi) is 5.16. The lowest BCUT2D eigenvalue weighted by atomic mass is 9.88. The first kappa shape index (κ1) is 16.9. The van der Waals surface area contributed by atoms with Gasteiger partial charge >= 0.3 is 0 Å². The lowest BCUT2D eigenvalue weighted by Crippen LogP contribution is -2.48. The summed E-state index contributed by atoms with van der Waals surface area (Å²) in [4.78, 5) is 22.2. The van der Waals surface area contributed by atoms with Crippen LogP contribution in [0.2, 0.25) is 0 Å². The van der Waals surface area contributed by atoms with E-state index >= 15 is 0 Å². The van der Waals surface area contributed by atoms with Gasteiger partial charge in [0.25, 0.3) is 0 Å². The van der Waals surface area contributed by atoms with E-state index in [1.807, 2.05) is 51.1 Å². The molecule has 3 rings (SSSR count). The molecule has 0 radical (unpaired) electrons. The Morgan fingerprint density at radius 3 is 2.38 bits per heavy atom. The third kappa shape index (κ3) is 4.13. The Hall–Kier alpha value is -1.92. The first-order chi connectivity index (χ1) is 11.5. The molecule has 6 heteroatoms. The van der Waals surface area contributed by atoms with Gasteiger partial charge in [-0.15, -0.1) is 0 Å². The SMILES string of the molecule is Cc1cc(C)nc(Sc2ccc(NC(=O)C(C)C3CNC3)cc2)n1. The van der Waals surface area contributed by atoms with Crippen LogP contribution in [0.1, 0.15) is 18.3 Å². The Labute approximate surface area is 146 Å². The summed E-state index contributed by atoms with van der Waals surface area (Å²) in [7, 11) is 0. The summed E-state index contributed by atoms with van der Waals surface area (Å²) < 4.78 is 0. The molecule has 24 heavy (non-hydrogen) atoms. The number of anilines is 1. The van der Waals surface area contributed by atoms with Crippen molar-refractivity contribution < 1.29 is 4.79 Å². The van der Waals surface area contributed by atoms with Crippen LogP contribution < -0.4 is 10.6 Å².